The summed E-state index contributed by atoms with van der Waals surface area (Å²) in [6, 6.07) is 9.89. The molecule has 4 saturated heterocycles. The molecule has 1 spiro atoms. The number of fused-ring (bicyclic) bond motifs is 4. The van der Waals surface area contributed by atoms with E-state index in [0.29, 0.717) is 31.3 Å². The van der Waals surface area contributed by atoms with Crippen LogP contribution in [0, 0.1) is 0 Å². The minimum absolute atomic E-state index is 0.0733. The van der Waals surface area contributed by atoms with Gasteiger partial charge in [-0.1, -0.05) is 24.3 Å². The van der Waals surface area contributed by atoms with Gasteiger partial charge in [0.15, 0.2) is 0 Å². The van der Waals surface area contributed by atoms with Crippen molar-refractivity contribution in [3.8, 4) is 0 Å². The number of amides is 2. The predicted molar refractivity (Wildman–Crippen MR) is 127 cm³/mol. The maximum atomic E-state index is 12.9. The minimum Gasteiger partial charge on any atom is -0.444 e. The van der Waals surface area contributed by atoms with Gasteiger partial charge in [0.25, 0.3) is 0 Å². The summed E-state index contributed by atoms with van der Waals surface area (Å²) in [5, 5.41) is 0. The highest BCUT2D eigenvalue weighted by Crippen LogP contribution is 2.44. The van der Waals surface area contributed by atoms with Crippen molar-refractivity contribution >= 4 is 12.0 Å². The molecule has 1 aromatic carbocycles. The molecule has 7 nitrogen and oxygen atoms in total. The molecule has 5 aliphatic rings. The quantitative estimate of drug-likeness (QED) is 0.668. The molecule has 7 heteroatoms. The number of rotatable bonds is 2. The van der Waals surface area contributed by atoms with E-state index in [2.05, 4.69) is 34.1 Å². The highest BCUT2D eigenvalue weighted by Gasteiger charge is 2.48. The first-order valence-electron chi connectivity index (χ1n) is 13.2. The number of carbonyl (C=O) groups is 2. The second-order valence-corrected chi connectivity index (χ2v) is 11.1. The summed E-state index contributed by atoms with van der Waals surface area (Å²) in [7, 11) is 0. The smallest absolute Gasteiger partial charge is 0.410 e. The van der Waals surface area contributed by atoms with Crippen LogP contribution in [0.3, 0.4) is 0 Å². The fourth-order valence-corrected chi connectivity index (χ4v) is 7.41. The Kier molecular flexibility index (Phi) is 5.80. The Hall–Kier alpha value is -2.12. The molecule has 5 heterocycles. The lowest BCUT2D eigenvalue weighted by molar-refractivity contribution is -0.131. The third-order valence-corrected chi connectivity index (χ3v) is 9.23. The maximum absolute atomic E-state index is 12.9. The Morgan fingerprint density at radius 2 is 1.76 bits per heavy atom. The maximum Gasteiger partial charge on any atom is 0.410 e. The third kappa shape index (κ3) is 3.91. The van der Waals surface area contributed by atoms with Crippen LogP contribution in [-0.2, 0) is 26.2 Å². The van der Waals surface area contributed by atoms with Crippen molar-refractivity contribution in [3.05, 3.63) is 35.4 Å². The first-order chi connectivity index (χ1) is 16.5. The van der Waals surface area contributed by atoms with Crippen molar-refractivity contribution < 1.29 is 19.1 Å². The van der Waals surface area contributed by atoms with Crippen LogP contribution in [0.1, 0.15) is 63.0 Å². The average molecular weight is 468 g/mol. The molecule has 184 valence electrons. The molecular weight excluding hydrogens is 430 g/mol. The van der Waals surface area contributed by atoms with Crippen molar-refractivity contribution in [2.24, 2.45) is 0 Å². The van der Waals surface area contributed by atoms with Gasteiger partial charge in [-0.2, -0.15) is 0 Å². The summed E-state index contributed by atoms with van der Waals surface area (Å²) < 4.78 is 11.1. The fraction of sp³-hybridized carbons (Fsp3) is 0.704. The molecule has 34 heavy (non-hydrogen) atoms. The number of carbonyl (C=O) groups excluding carboxylic acids is 2. The SMILES string of the molecule is CC(=O)N1Cc2ccccc2C2(CCN(C3CC4CCC(C3)N4C(=O)O[C@@H]3CCOC3)CC2)C1. The minimum atomic E-state index is -0.123. The van der Waals surface area contributed by atoms with E-state index in [1.54, 1.807) is 6.92 Å². The molecule has 3 atom stereocenters. The molecule has 2 bridgehead atoms. The molecule has 0 N–H and O–H groups in total. The number of likely N-dealkylation sites (tertiary alicyclic amines) is 1. The van der Waals surface area contributed by atoms with E-state index in [1.807, 2.05) is 4.90 Å². The van der Waals surface area contributed by atoms with Gasteiger partial charge in [0.2, 0.25) is 5.91 Å². The highest BCUT2D eigenvalue weighted by atomic mass is 16.6. The zero-order chi connectivity index (χ0) is 23.3. The molecule has 1 aromatic rings. The van der Waals surface area contributed by atoms with E-state index in [-0.39, 0.29) is 23.5 Å². The number of hydrogen-bond acceptors (Lipinski definition) is 5. The Morgan fingerprint density at radius 1 is 1.03 bits per heavy atom. The van der Waals surface area contributed by atoms with Crippen LogP contribution < -0.4 is 0 Å². The summed E-state index contributed by atoms with van der Waals surface area (Å²) in [5.41, 5.74) is 2.85. The zero-order valence-corrected chi connectivity index (χ0v) is 20.3. The van der Waals surface area contributed by atoms with E-state index < -0.39 is 0 Å². The first kappa shape index (κ1) is 22.4. The second-order valence-electron chi connectivity index (χ2n) is 11.1. The van der Waals surface area contributed by atoms with Crippen LogP contribution >= 0.6 is 0 Å². The van der Waals surface area contributed by atoms with Crippen molar-refractivity contribution in [1.82, 2.24) is 14.7 Å². The summed E-state index contributed by atoms with van der Waals surface area (Å²) >= 11 is 0. The van der Waals surface area contributed by atoms with Gasteiger partial charge in [-0.05, 0) is 62.7 Å². The topological polar surface area (TPSA) is 62.3 Å². The molecule has 2 unspecified atom stereocenters. The lowest BCUT2D eigenvalue weighted by Crippen LogP contribution is -2.57. The third-order valence-electron chi connectivity index (χ3n) is 9.23. The van der Waals surface area contributed by atoms with Crippen LogP contribution in [0.15, 0.2) is 24.3 Å². The lowest BCUT2D eigenvalue weighted by atomic mass is 9.68. The molecule has 0 aromatic heterocycles. The molecule has 0 radical (unpaired) electrons. The Bertz CT molecular complexity index is 924. The number of benzene rings is 1. The molecule has 0 aliphatic carbocycles. The van der Waals surface area contributed by atoms with Gasteiger partial charge in [-0.25, -0.2) is 4.79 Å². The van der Waals surface area contributed by atoms with Crippen LogP contribution in [-0.4, -0.2) is 83.8 Å². The second kappa shape index (κ2) is 8.83. The highest BCUT2D eigenvalue weighted by molar-refractivity contribution is 5.74. The van der Waals surface area contributed by atoms with E-state index in [0.717, 1.165) is 71.1 Å². The molecular formula is C27H37N3O4. The van der Waals surface area contributed by atoms with Crippen molar-refractivity contribution in [2.75, 3.05) is 32.8 Å². The van der Waals surface area contributed by atoms with E-state index in [9.17, 15) is 9.59 Å². The van der Waals surface area contributed by atoms with Crippen LogP contribution in [0.5, 0.6) is 0 Å². The number of hydrogen-bond donors (Lipinski definition) is 0. The monoisotopic (exact) mass is 467 g/mol. The van der Waals surface area contributed by atoms with Crippen LogP contribution in [0.2, 0.25) is 0 Å². The van der Waals surface area contributed by atoms with Gasteiger partial charge in [-0.15, -0.1) is 0 Å². The normalized spacial score (nSPS) is 32.6. The lowest BCUT2D eigenvalue weighted by Gasteiger charge is -2.51. The van der Waals surface area contributed by atoms with Crippen molar-refractivity contribution in [3.63, 3.8) is 0 Å². The van der Waals surface area contributed by atoms with E-state index >= 15 is 0 Å². The van der Waals surface area contributed by atoms with Gasteiger partial charge < -0.3 is 24.2 Å². The van der Waals surface area contributed by atoms with Gasteiger partial charge in [0.05, 0.1) is 13.2 Å². The standard InChI is InChI=1S/C27H37N3O4/c1-19(31)29-16-20-4-2-3-5-25(20)27(18-29)9-11-28(12-10-27)23-14-21-6-7-22(15-23)30(21)26(32)34-24-8-13-33-17-24/h2-5,21-24H,6-18H2,1H3/t21?,22?,23?,24-/m1/s1. The van der Waals surface area contributed by atoms with Gasteiger partial charge >= 0.3 is 6.09 Å². The largest absolute Gasteiger partial charge is 0.444 e. The van der Waals surface area contributed by atoms with Gasteiger partial charge in [0, 0.05) is 50.0 Å². The Morgan fingerprint density at radius 3 is 2.44 bits per heavy atom. The van der Waals surface area contributed by atoms with Gasteiger partial charge in [0.1, 0.15) is 6.10 Å². The molecule has 0 saturated carbocycles. The summed E-state index contributed by atoms with van der Waals surface area (Å²) in [5.74, 6) is 0.177. The number of piperidine rings is 2. The molecule has 2 amide bonds. The first-order valence-corrected chi connectivity index (χ1v) is 13.2. The van der Waals surface area contributed by atoms with Crippen molar-refractivity contribution in [2.45, 2.75) is 88.1 Å². The molecule has 5 aliphatic heterocycles. The van der Waals surface area contributed by atoms with E-state index in [1.165, 1.54) is 11.1 Å². The zero-order valence-electron chi connectivity index (χ0n) is 20.3. The Balaban J connectivity index is 1.11. The number of nitrogens with zero attached hydrogens (tertiary/aromatic N) is 3. The number of ether oxygens (including phenoxy) is 2. The van der Waals surface area contributed by atoms with E-state index in [4.69, 9.17) is 9.47 Å². The van der Waals surface area contributed by atoms with Crippen molar-refractivity contribution in [1.29, 1.82) is 0 Å². The van der Waals surface area contributed by atoms with Gasteiger partial charge in [-0.3, -0.25) is 4.79 Å². The van der Waals surface area contributed by atoms with Crippen LogP contribution in [0.25, 0.3) is 0 Å². The Labute approximate surface area is 202 Å². The molecule has 6 rings (SSSR count). The predicted octanol–water partition coefficient (Wildman–Crippen LogP) is 3.30. The fourth-order valence-electron chi connectivity index (χ4n) is 7.41. The summed E-state index contributed by atoms with van der Waals surface area (Å²) in [4.78, 5) is 32.0. The van der Waals surface area contributed by atoms with Crippen LogP contribution in [0.4, 0.5) is 4.79 Å². The summed E-state index contributed by atoms with van der Waals surface area (Å²) in [6.45, 7) is 6.64. The summed E-state index contributed by atoms with van der Waals surface area (Å²) in [6.07, 6.45) is 7.09. The average Bonchev–Trinajstić information content (AvgIpc) is 3.44. The molecule has 4 fully saturated rings.